The minimum atomic E-state index is -0.164. The van der Waals surface area contributed by atoms with Crippen LogP contribution in [0.1, 0.15) is 59.8 Å². The van der Waals surface area contributed by atoms with Crippen molar-refractivity contribution in [2.45, 2.75) is 77.1 Å². The Hall–Kier alpha value is -0.0800. The van der Waals surface area contributed by atoms with Gasteiger partial charge in [0, 0.05) is 11.8 Å². The van der Waals surface area contributed by atoms with E-state index in [1.54, 1.807) is 0 Å². The van der Waals surface area contributed by atoms with Gasteiger partial charge in [-0.25, -0.2) is 0 Å². The molecule has 0 aromatic carbocycles. The van der Waals surface area contributed by atoms with Crippen LogP contribution in [0.4, 0.5) is 0 Å². The Morgan fingerprint density at radius 2 is 1.76 bits per heavy atom. The van der Waals surface area contributed by atoms with Crippen molar-refractivity contribution < 1.29 is 9.84 Å². The highest BCUT2D eigenvalue weighted by atomic mass is 16.5. The van der Waals surface area contributed by atoms with Gasteiger partial charge < -0.3 is 9.84 Å². The summed E-state index contributed by atoms with van der Waals surface area (Å²) in [6.07, 6.45) is 5.73. The van der Waals surface area contributed by atoms with E-state index in [-0.39, 0.29) is 17.3 Å². The summed E-state index contributed by atoms with van der Waals surface area (Å²) in [6.45, 7) is 9.07. The Morgan fingerprint density at radius 1 is 1.06 bits per heavy atom. The highest BCUT2D eigenvalue weighted by molar-refractivity contribution is 5.14. The molecular formula is C15H26O2. The Kier molecular flexibility index (Phi) is 2.30. The number of hydrogen-bond acceptors (Lipinski definition) is 2. The third-order valence-electron chi connectivity index (χ3n) is 5.91. The third-order valence-corrected chi connectivity index (χ3v) is 5.91. The van der Waals surface area contributed by atoms with Gasteiger partial charge in [-0.15, -0.1) is 0 Å². The summed E-state index contributed by atoms with van der Waals surface area (Å²) < 4.78 is 6.43. The highest BCUT2D eigenvalue weighted by Gasteiger charge is 2.66. The van der Waals surface area contributed by atoms with Gasteiger partial charge in [0.25, 0.3) is 0 Å². The van der Waals surface area contributed by atoms with E-state index < -0.39 is 0 Å². The molecule has 2 nitrogen and oxygen atoms in total. The molecule has 2 heteroatoms. The molecule has 17 heavy (non-hydrogen) atoms. The molecule has 0 amide bonds. The molecule has 1 aliphatic heterocycles. The monoisotopic (exact) mass is 238 g/mol. The summed E-state index contributed by atoms with van der Waals surface area (Å²) in [7, 11) is 0. The maximum atomic E-state index is 10.4. The SMILES string of the molecule is CC1(C)O[C@]2(C)CCC[C@]3(C)CC[C@@H](O)[C@H]1[C@H]32. The first-order valence-corrected chi connectivity index (χ1v) is 7.17. The number of aliphatic hydroxyl groups excluding tert-OH is 1. The molecule has 1 N–H and O–H groups in total. The van der Waals surface area contributed by atoms with Gasteiger partial charge >= 0.3 is 0 Å². The van der Waals surface area contributed by atoms with Gasteiger partial charge in [-0.3, -0.25) is 0 Å². The average molecular weight is 238 g/mol. The fraction of sp³-hybridized carbons (Fsp3) is 1.00. The maximum absolute atomic E-state index is 10.4. The van der Waals surface area contributed by atoms with Crippen LogP contribution in [0.5, 0.6) is 0 Å². The predicted molar refractivity (Wildman–Crippen MR) is 67.7 cm³/mol. The minimum Gasteiger partial charge on any atom is -0.393 e. The largest absolute Gasteiger partial charge is 0.393 e. The molecule has 2 aliphatic carbocycles. The molecule has 0 bridgehead atoms. The molecule has 0 unspecified atom stereocenters. The van der Waals surface area contributed by atoms with E-state index in [0.29, 0.717) is 17.3 Å². The molecular weight excluding hydrogens is 212 g/mol. The molecule has 0 radical (unpaired) electrons. The quantitative estimate of drug-likeness (QED) is 0.702. The van der Waals surface area contributed by atoms with Gasteiger partial charge in [0.05, 0.1) is 17.3 Å². The summed E-state index contributed by atoms with van der Waals surface area (Å²) in [4.78, 5) is 0. The van der Waals surface area contributed by atoms with Crippen LogP contribution in [0.3, 0.4) is 0 Å². The van der Waals surface area contributed by atoms with Crippen LogP contribution in [-0.2, 0) is 4.74 Å². The van der Waals surface area contributed by atoms with Crippen molar-refractivity contribution in [1.29, 1.82) is 0 Å². The van der Waals surface area contributed by atoms with Crippen molar-refractivity contribution in [2.75, 3.05) is 0 Å². The van der Waals surface area contributed by atoms with Crippen molar-refractivity contribution in [2.24, 2.45) is 17.3 Å². The smallest absolute Gasteiger partial charge is 0.0699 e. The van der Waals surface area contributed by atoms with Crippen LogP contribution in [-0.4, -0.2) is 22.4 Å². The van der Waals surface area contributed by atoms with Gasteiger partial charge in [-0.1, -0.05) is 13.3 Å². The minimum absolute atomic E-state index is 0.00255. The molecule has 3 aliphatic rings. The molecule has 0 aromatic rings. The first-order valence-electron chi connectivity index (χ1n) is 7.17. The van der Waals surface area contributed by atoms with Crippen molar-refractivity contribution >= 4 is 0 Å². The predicted octanol–water partition coefficient (Wildman–Crippen LogP) is 3.13. The highest BCUT2D eigenvalue weighted by Crippen LogP contribution is 2.64. The molecule has 1 saturated heterocycles. The lowest BCUT2D eigenvalue weighted by Gasteiger charge is -2.53. The molecule has 0 spiro atoms. The van der Waals surface area contributed by atoms with Crippen LogP contribution < -0.4 is 0 Å². The lowest BCUT2D eigenvalue weighted by molar-refractivity contribution is -0.122. The van der Waals surface area contributed by atoms with E-state index in [4.69, 9.17) is 4.74 Å². The second-order valence-electron chi connectivity index (χ2n) is 7.64. The van der Waals surface area contributed by atoms with E-state index in [2.05, 4.69) is 27.7 Å². The molecule has 1 heterocycles. The third kappa shape index (κ3) is 1.46. The van der Waals surface area contributed by atoms with Crippen LogP contribution in [0.2, 0.25) is 0 Å². The Bertz CT molecular complexity index is 338. The van der Waals surface area contributed by atoms with Crippen LogP contribution >= 0.6 is 0 Å². The van der Waals surface area contributed by atoms with Gasteiger partial charge in [-0.2, -0.15) is 0 Å². The number of aliphatic hydroxyl groups is 1. The van der Waals surface area contributed by atoms with E-state index in [1.807, 2.05) is 0 Å². The van der Waals surface area contributed by atoms with E-state index >= 15 is 0 Å². The maximum Gasteiger partial charge on any atom is 0.0699 e. The molecule has 0 aromatic heterocycles. The van der Waals surface area contributed by atoms with Crippen molar-refractivity contribution in [3.63, 3.8) is 0 Å². The summed E-state index contributed by atoms with van der Waals surface area (Å²) in [5.41, 5.74) is 0.234. The summed E-state index contributed by atoms with van der Waals surface area (Å²) in [6, 6.07) is 0. The first-order chi connectivity index (χ1) is 7.79. The van der Waals surface area contributed by atoms with Gasteiger partial charge in [0.1, 0.15) is 0 Å². The number of rotatable bonds is 0. The average Bonchev–Trinajstić information content (AvgIpc) is 2.41. The lowest BCUT2D eigenvalue weighted by Crippen LogP contribution is -2.54. The van der Waals surface area contributed by atoms with Crippen LogP contribution in [0, 0.1) is 17.3 Å². The molecule has 98 valence electrons. The van der Waals surface area contributed by atoms with E-state index in [0.717, 1.165) is 6.42 Å². The Balaban J connectivity index is 2.08. The molecule has 3 rings (SSSR count). The van der Waals surface area contributed by atoms with E-state index in [9.17, 15) is 5.11 Å². The molecule has 5 atom stereocenters. The zero-order chi connectivity index (χ0) is 12.5. The zero-order valence-electron chi connectivity index (χ0n) is 11.6. The van der Waals surface area contributed by atoms with Crippen molar-refractivity contribution in [3.05, 3.63) is 0 Å². The van der Waals surface area contributed by atoms with Gasteiger partial charge in [0.2, 0.25) is 0 Å². The summed E-state index contributed by atoms with van der Waals surface area (Å²) >= 11 is 0. The molecule has 2 saturated carbocycles. The Morgan fingerprint density at radius 3 is 2.47 bits per heavy atom. The second-order valence-corrected chi connectivity index (χ2v) is 7.64. The summed E-state index contributed by atoms with van der Waals surface area (Å²) in [5, 5.41) is 10.4. The Labute approximate surface area is 105 Å². The normalized spacial score (nSPS) is 56.6. The first kappa shape index (κ1) is 12.0. The molecule has 3 fully saturated rings. The van der Waals surface area contributed by atoms with Crippen molar-refractivity contribution in [1.82, 2.24) is 0 Å². The zero-order valence-corrected chi connectivity index (χ0v) is 11.6. The van der Waals surface area contributed by atoms with Crippen LogP contribution in [0.15, 0.2) is 0 Å². The fourth-order valence-corrected chi connectivity index (χ4v) is 5.51. The van der Waals surface area contributed by atoms with E-state index in [1.165, 1.54) is 25.7 Å². The van der Waals surface area contributed by atoms with Gasteiger partial charge in [-0.05, 0) is 51.9 Å². The van der Waals surface area contributed by atoms with Crippen molar-refractivity contribution in [3.8, 4) is 0 Å². The number of ether oxygens (including phenoxy) is 1. The van der Waals surface area contributed by atoms with Crippen LogP contribution in [0.25, 0.3) is 0 Å². The van der Waals surface area contributed by atoms with Gasteiger partial charge in [0.15, 0.2) is 0 Å². The number of hydrogen-bond donors (Lipinski definition) is 1. The standard InChI is InChI=1S/C15H26O2/c1-13(2)11-10(16)6-9-14(3)7-5-8-15(4,17-13)12(11)14/h10-12,16H,5-9H2,1-4H3/t10-,11+,12-,14-,15-/m1/s1. The fourth-order valence-electron chi connectivity index (χ4n) is 5.51. The summed E-state index contributed by atoms with van der Waals surface area (Å²) in [5.74, 6) is 0.869. The second kappa shape index (κ2) is 3.27. The topological polar surface area (TPSA) is 29.5 Å². The lowest BCUT2D eigenvalue weighted by atomic mass is 9.51.